The van der Waals surface area contributed by atoms with E-state index in [-0.39, 0.29) is 36.8 Å². The molecule has 3 rings (SSSR count). The van der Waals surface area contributed by atoms with Crippen LogP contribution in [0, 0.1) is 11.7 Å². The minimum absolute atomic E-state index is 0.00119. The smallest absolute Gasteiger partial charge is 0.224 e. The van der Waals surface area contributed by atoms with Gasteiger partial charge in [0.05, 0.1) is 6.61 Å². The van der Waals surface area contributed by atoms with Crippen molar-refractivity contribution in [3.05, 3.63) is 65.5 Å². The van der Waals surface area contributed by atoms with Crippen molar-refractivity contribution in [1.29, 1.82) is 0 Å². The van der Waals surface area contributed by atoms with Crippen molar-refractivity contribution in [1.82, 2.24) is 5.32 Å². The summed E-state index contributed by atoms with van der Waals surface area (Å²) >= 11 is 0. The third-order valence-electron chi connectivity index (χ3n) is 4.20. The van der Waals surface area contributed by atoms with Crippen LogP contribution in [0.25, 0.3) is 0 Å². The summed E-state index contributed by atoms with van der Waals surface area (Å²) in [5.74, 6) is 0.520. The molecule has 1 fully saturated rings. The molecule has 0 aromatic heterocycles. The van der Waals surface area contributed by atoms with E-state index in [1.165, 1.54) is 12.1 Å². The van der Waals surface area contributed by atoms with Gasteiger partial charge in [0, 0.05) is 18.0 Å². The van der Waals surface area contributed by atoms with Crippen LogP contribution in [-0.2, 0) is 11.3 Å². The number of carbonyl (C=O) groups is 1. The van der Waals surface area contributed by atoms with Gasteiger partial charge >= 0.3 is 0 Å². The SMILES string of the molecule is O=C(NCc1ccccc1OCCO)C1CC1c1ccc(F)cc1. The third kappa shape index (κ3) is 3.92. The average Bonchev–Trinajstić information content (AvgIpc) is 3.40. The molecule has 126 valence electrons. The molecule has 0 radical (unpaired) electrons. The number of aliphatic hydroxyl groups excluding tert-OH is 1. The fraction of sp³-hybridized carbons (Fsp3) is 0.316. The molecule has 1 aliphatic carbocycles. The molecule has 0 heterocycles. The molecule has 2 aromatic rings. The summed E-state index contributed by atoms with van der Waals surface area (Å²) in [5.41, 5.74) is 1.88. The molecule has 1 saturated carbocycles. The van der Waals surface area contributed by atoms with Crippen molar-refractivity contribution in [2.45, 2.75) is 18.9 Å². The van der Waals surface area contributed by atoms with Crippen LogP contribution < -0.4 is 10.1 Å². The number of nitrogens with one attached hydrogen (secondary N) is 1. The summed E-state index contributed by atoms with van der Waals surface area (Å²) in [4.78, 5) is 12.3. The molecule has 2 aromatic carbocycles. The van der Waals surface area contributed by atoms with Crippen LogP contribution in [0.1, 0.15) is 23.5 Å². The highest BCUT2D eigenvalue weighted by atomic mass is 19.1. The van der Waals surface area contributed by atoms with Crippen LogP contribution in [0.4, 0.5) is 4.39 Å². The summed E-state index contributed by atoms with van der Waals surface area (Å²) < 4.78 is 18.4. The van der Waals surface area contributed by atoms with Gasteiger partial charge in [-0.3, -0.25) is 4.79 Å². The van der Waals surface area contributed by atoms with Gasteiger partial charge in [-0.15, -0.1) is 0 Å². The molecule has 2 N–H and O–H groups in total. The number of hydrogen-bond donors (Lipinski definition) is 2. The Bertz CT molecular complexity index is 702. The first-order chi connectivity index (χ1) is 11.7. The zero-order chi connectivity index (χ0) is 16.9. The summed E-state index contributed by atoms with van der Waals surface area (Å²) in [6.07, 6.45) is 0.792. The Hall–Kier alpha value is -2.40. The number of aliphatic hydroxyl groups is 1. The van der Waals surface area contributed by atoms with E-state index in [1.54, 1.807) is 12.1 Å². The van der Waals surface area contributed by atoms with E-state index < -0.39 is 0 Å². The molecule has 0 spiro atoms. The summed E-state index contributed by atoms with van der Waals surface area (Å²) in [6, 6.07) is 13.8. The Labute approximate surface area is 140 Å². The fourth-order valence-electron chi connectivity index (χ4n) is 2.82. The van der Waals surface area contributed by atoms with Gasteiger partial charge in [0.1, 0.15) is 18.2 Å². The van der Waals surface area contributed by atoms with Gasteiger partial charge in [-0.05, 0) is 36.1 Å². The number of halogens is 1. The first kappa shape index (κ1) is 16.5. The van der Waals surface area contributed by atoms with Crippen LogP contribution in [0.3, 0.4) is 0 Å². The Balaban J connectivity index is 1.54. The molecule has 0 aliphatic heterocycles. The van der Waals surface area contributed by atoms with Crippen LogP contribution in [0.2, 0.25) is 0 Å². The first-order valence-corrected chi connectivity index (χ1v) is 8.04. The van der Waals surface area contributed by atoms with Gasteiger partial charge in [-0.2, -0.15) is 0 Å². The quantitative estimate of drug-likeness (QED) is 0.821. The highest BCUT2D eigenvalue weighted by Gasteiger charge is 2.43. The third-order valence-corrected chi connectivity index (χ3v) is 4.20. The van der Waals surface area contributed by atoms with Gasteiger partial charge in [0.25, 0.3) is 0 Å². The van der Waals surface area contributed by atoms with E-state index >= 15 is 0 Å². The molecule has 2 atom stereocenters. The maximum atomic E-state index is 13.0. The van der Waals surface area contributed by atoms with Gasteiger partial charge in [0.2, 0.25) is 5.91 Å². The zero-order valence-electron chi connectivity index (χ0n) is 13.2. The predicted octanol–water partition coefficient (Wildman–Crippen LogP) is 2.62. The summed E-state index contributed by atoms with van der Waals surface area (Å²) in [5, 5.41) is 11.8. The number of ether oxygens (including phenoxy) is 1. The maximum Gasteiger partial charge on any atom is 0.224 e. The van der Waals surface area contributed by atoms with E-state index in [1.807, 2.05) is 24.3 Å². The highest BCUT2D eigenvalue weighted by molar-refractivity contribution is 5.82. The van der Waals surface area contributed by atoms with Crippen molar-refractivity contribution < 1.29 is 19.0 Å². The standard InChI is InChI=1S/C19H20FNO3/c20-15-7-5-13(6-8-15)16-11-17(16)19(23)21-12-14-3-1-2-4-18(14)24-10-9-22/h1-8,16-17,22H,9-12H2,(H,21,23). The van der Waals surface area contributed by atoms with E-state index in [2.05, 4.69) is 5.32 Å². The molecule has 2 unspecified atom stereocenters. The Morgan fingerprint density at radius 2 is 1.96 bits per heavy atom. The second kappa shape index (κ2) is 7.45. The van der Waals surface area contributed by atoms with Crippen LogP contribution >= 0.6 is 0 Å². The van der Waals surface area contributed by atoms with Crippen LogP contribution in [0.15, 0.2) is 48.5 Å². The summed E-state index contributed by atoms with van der Waals surface area (Å²) in [7, 11) is 0. The number of para-hydroxylation sites is 1. The highest BCUT2D eigenvalue weighted by Crippen LogP contribution is 2.47. The topological polar surface area (TPSA) is 58.6 Å². The van der Waals surface area contributed by atoms with E-state index in [4.69, 9.17) is 9.84 Å². The number of amides is 1. The molecular formula is C19H20FNO3. The molecular weight excluding hydrogens is 309 g/mol. The average molecular weight is 329 g/mol. The van der Waals surface area contributed by atoms with E-state index in [9.17, 15) is 9.18 Å². The molecule has 24 heavy (non-hydrogen) atoms. The van der Waals surface area contributed by atoms with Gasteiger partial charge in [-0.1, -0.05) is 30.3 Å². The predicted molar refractivity (Wildman–Crippen MR) is 88.1 cm³/mol. The van der Waals surface area contributed by atoms with E-state index in [0.717, 1.165) is 17.5 Å². The lowest BCUT2D eigenvalue weighted by molar-refractivity contribution is -0.122. The van der Waals surface area contributed by atoms with Gasteiger partial charge in [-0.25, -0.2) is 4.39 Å². The minimum atomic E-state index is -0.264. The number of benzene rings is 2. The van der Waals surface area contributed by atoms with Crippen molar-refractivity contribution in [2.24, 2.45) is 5.92 Å². The van der Waals surface area contributed by atoms with Crippen molar-refractivity contribution >= 4 is 5.91 Å². The lowest BCUT2D eigenvalue weighted by Crippen LogP contribution is -2.25. The molecule has 1 amide bonds. The minimum Gasteiger partial charge on any atom is -0.491 e. The molecule has 5 heteroatoms. The maximum absolute atomic E-state index is 13.0. The van der Waals surface area contributed by atoms with Crippen LogP contribution in [-0.4, -0.2) is 24.2 Å². The zero-order valence-corrected chi connectivity index (χ0v) is 13.2. The fourth-order valence-corrected chi connectivity index (χ4v) is 2.82. The Morgan fingerprint density at radius 1 is 1.21 bits per heavy atom. The summed E-state index contributed by atoms with van der Waals surface area (Å²) in [6.45, 7) is 0.551. The van der Waals surface area contributed by atoms with Crippen LogP contribution in [0.5, 0.6) is 5.75 Å². The number of hydrogen-bond acceptors (Lipinski definition) is 3. The number of carbonyl (C=O) groups excluding carboxylic acids is 1. The first-order valence-electron chi connectivity index (χ1n) is 8.04. The Morgan fingerprint density at radius 3 is 2.71 bits per heavy atom. The lowest BCUT2D eigenvalue weighted by atomic mass is 10.1. The second-order valence-corrected chi connectivity index (χ2v) is 5.90. The van der Waals surface area contributed by atoms with Crippen molar-refractivity contribution in [2.75, 3.05) is 13.2 Å². The number of rotatable bonds is 7. The Kier molecular flexibility index (Phi) is 5.11. The second-order valence-electron chi connectivity index (χ2n) is 5.90. The largest absolute Gasteiger partial charge is 0.491 e. The van der Waals surface area contributed by atoms with Crippen molar-refractivity contribution in [3.63, 3.8) is 0 Å². The monoisotopic (exact) mass is 329 g/mol. The lowest BCUT2D eigenvalue weighted by Gasteiger charge is -2.11. The van der Waals surface area contributed by atoms with Crippen molar-refractivity contribution in [3.8, 4) is 5.75 Å². The molecule has 1 aliphatic rings. The molecule has 0 saturated heterocycles. The van der Waals surface area contributed by atoms with E-state index in [0.29, 0.717) is 12.3 Å². The normalized spacial score (nSPS) is 18.9. The molecule has 0 bridgehead atoms. The van der Waals surface area contributed by atoms with Gasteiger partial charge in [0.15, 0.2) is 0 Å². The molecule has 4 nitrogen and oxygen atoms in total. The van der Waals surface area contributed by atoms with Gasteiger partial charge < -0.3 is 15.2 Å².